The number of benzene rings is 2. The van der Waals surface area contributed by atoms with Gasteiger partial charge in [-0.15, -0.1) is 0 Å². The fourth-order valence-electron chi connectivity index (χ4n) is 4.87. The summed E-state index contributed by atoms with van der Waals surface area (Å²) in [7, 11) is 2.12. The van der Waals surface area contributed by atoms with Crippen molar-refractivity contribution in [3.8, 4) is 28.3 Å². The molecule has 4 bridgehead atoms. The zero-order valence-corrected chi connectivity index (χ0v) is 20.1. The molecule has 8 nitrogen and oxygen atoms in total. The summed E-state index contributed by atoms with van der Waals surface area (Å²) in [4.78, 5) is 9.12. The number of likely N-dealkylation sites (N-methyl/N-ethyl adjacent to an activating group) is 1. The van der Waals surface area contributed by atoms with Gasteiger partial charge in [0.05, 0.1) is 36.3 Å². The van der Waals surface area contributed by atoms with E-state index in [9.17, 15) is 9.50 Å². The molecule has 0 aliphatic carbocycles. The quantitative estimate of drug-likeness (QED) is 0.424. The van der Waals surface area contributed by atoms with Crippen LogP contribution in [0.5, 0.6) is 5.75 Å². The Morgan fingerprint density at radius 2 is 1.94 bits per heavy atom. The van der Waals surface area contributed by atoms with Crippen molar-refractivity contribution in [1.29, 1.82) is 0 Å². The predicted molar refractivity (Wildman–Crippen MR) is 136 cm³/mol. The van der Waals surface area contributed by atoms with Crippen LogP contribution in [-0.2, 0) is 11.3 Å². The van der Waals surface area contributed by atoms with Gasteiger partial charge in [0, 0.05) is 42.7 Å². The second-order valence-electron chi connectivity index (χ2n) is 9.41. The highest BCUT2D eigenvalue weighted by Gasteiger charge is 2.22. The largest absolute Gasteiger partial charge is 0.489 e. The molecule has 0 spiro atoms. The van der Waals surface area contributed by atoms with E-state index in [0.29, 0.717) is 22.6 Å². The maximum absolute atomic E-state index is 15.0. The van der Waals surface area contributed by atoms with Crippen LogP contribution in [0.2, 0.25) is 0 Å². The average Bonchev–Trinajstić information content (AvgIpc) is 3.31. The lowest BCUT2D eigenvalue weighted by Crippen LogP contribution is -2.44. The minimum absolute atomic E-state index is 0.0632. The van der Waals surface area contributed by atoms with Crippen LogP contribution in [0, 0.1) is 5.82 Å². The van der Waals surface area contributed by atoms with Gasteiger partial charge in [0.1, 0.15) is 30.0 Å². The molecule has 1 atom stereocenters. The van der Waals surface area contributed by atoms with Gasteiger partial charge in [-0.2, -0.15) is 5.10 Å². The highest BCUT2D eigenvalue weighted by atomic mass is 19.1. The summed E-state index contributed by atoms with van der Waals surface area (Å²) < 4.78 is 26.9. The first-order valence-corrected chi connectivity index (χ1v) is 12.2. The predicted octanol–water partition coefficient (Wildman–Crippen LogP) is 3.45. The third kappa shape index (κ3) is 4.30. The van der Waals surface area contributed by atoms with Gasteiger partial charge < -0.3 is 24.4 Å². The molecule has 36 heavy (non-hydrogen) atoms. The van der Waals surface area contributed by atoms with E-state index in [2.05, 4.69) is 38.1 Å². The summed E-state index contributed by atoms with van der Waals surface area (Å²) in [5.41, 5.74) is 4.89. The molecule has 1 fully saturated rings. The van der Waals surface area contributed by atoms with Crippen molar-refractivity contribution in [2.45, 2.75) is 12.7 Å². The zero-order chi connectivity index (χ0) is 24.6. The normalized spacial score (nSPS) is 19.0. The van der Waals surface area contributed by atoms with Crippen LogP contribution in [0.3, 0.4) is 0 Å². The van der Waals surface area contributed by atoms with Gasteiger partial charge in [-0.1, -0.05) is 18.2 Å². The number of aliphatic hydroxyl groups excluding tert-OH is 1. The standard InChI is InChI=1S/C27H28FN5O3/c1-32-7-9-33(10-8-32)24-6-5-17-11-25(24)36-16-19(34)15-35-14-18-3-2-4-21(28)26(18)22-12-20-23(13-29-22)30-31-27(17)20/h2-6,11-13,19,34H,7-10,14-16H2,1H3,(H,30,31). The van der Waals surface area contributed by atoms with Crippen molar-refractivity contribution in [3.63, 3.8) is 0 Å². The topological polar surface area (TPSA) is 86.7 Å². The molecule has 186 valence electrons. The number of nitrogens with zero attached hydrogens (tertiary/aromatic N) is 4. The number of aliphatic hydroxyl groups is 1. The van der Waals surface area contributed by atoms with Gasteiger partial charge in [-0.05, 0) is 36.9 Å². The molecule has 0 radical (unpaired) electrons. The van der Waals surface area contributed by atoms with Crippen molar-refractivity contribution >= 4 is 16.6 Å². The fraction of sp³-hybridized carbons (Fsp3) is 0.333. The number of rotatable bonds is 1. The lowest BCUT2D eigenvalue weighted by atomic mass is 10.0. The molecule has 2 aromatic carbocycles. The molecule has 2 aromatic heterocycles. The third-order valence-electron chi connectivity index (χ3n) is 6.88. The van der Waals surface area contributed by atoms with E-state index in [1.165, 1.54) is 6.07 Å². The second kappa shape index (κ2) is 9.50. The van der Waals surface area contributed by atoms with Crippen LogP contribution in [0.4, 0.5) is 10.1 Å². The Morgan fingerprint density at radius 3 is 2.81 bits per heavy atom. The Hall–Kier alpha value is -3.53. The monoisotopic (exact) mass is 489 g/mol. The molecular weight excluding hydrogens is 461 g/mol. The summed E-state index contributed by atoms with van der Waals surface area (Å²) in [5, 5.41) is 19.0. The van der Waals surface area contributed by atoms with Gasteiger partial charge in [0.15, 0.2) is 0 Å². The summed E-state index contributed by atoms with van der Waals surface area (Å²) in [6.45, 7) is 3.99. The Labute approximate surface area is 208 Å². The van der Waals surface area contributed by atoms with E-state index in [0.717, 1.165) is 54.0 Å². The van der Waals surface area contributed by atoms with E-state index in [-0.39, 0.29) is 25.6 Å². The van der Waals surface area contributed by atoms with E-state index >= 15 is 0 Å². The smallest absolute Gasteiger partial charge is 0.143 e. The number of fused-ring (bicyclic) bond motifs is 6. The average molecular weight is 490 g/mol. The molecule has 6 rings (SSSR count). The van der Waals surface area contributed by atoms with Crippen molar-refractivity contribution in [2.75, 3.05) is 51.3 Å². The summed E-state index contributed by atoms with van der Waals surface area (Å²) in [6.07, 6.45) is 0.836. The van der Waals surface area contributed by atoms with Crippen LogP contribution in [0.25, 0.3) is 33.4 Å². The molecular formula is C27H28FN5O3. The minimum Gasteiger partial charge on any atom is -0.489 e. The lowest BCUT2D eigenvalue weighted by Gasteiger charge is -2.35. The number of halogens is 1. The fourth-order valence-corrected chi connectivity index (χ4v) is 4.87. The number of pyridine rings is 1. The molecule has 2 aliphatic heterocycles. The minimum atomic E-state index is -0.840. The van der Waals surface area contributed by atoms with E-state index in [4.69, 9.17) is 9.47 Å². The molecule has 1 saturated heterocycles. The first-order chi connectivity index (χ1) is 17.6. The van der Waals surface area contributed by atoms with Crippen molar-refractivity contribution in [1.82, 2.24) is 20.1 Å². The van der Waals surface area contributed by atoms with E-state index in [1.54, 1.807) is 12.3 Å². The maximum Gasteiger partial charge on any atom is 0.143 e. The van der Waals surface area contributed by atoms with Crippen molar-refractivity contribution in [2.24, 2.45) is 0 Å². The number of piperazine rings is 1. The van der Waals surface area contributed by atoms with Crippen LogP contribution in [-0.4, -0.2) is 77.7 Å². The number of hydrogen-bond acceptors (Lipinski definition) is 7. The molecule has 9 heteroatoms. The first-order valence-electron chi connectivity index (χ1n) is 12.2. The van der Waals surface area contributed by atoms with Gasteiger partial charge in [0.25, 0.3) is 0 Å². The van der Waals surface area contributed by atoms with Gasteiger partial charge >= 0.3 is 0 Å². The Balaban J connectivity index is 1.49. The van der Waals surface area contributed by atoms with Gasteiger partial charge in [-0.3, -0.25) is 10.1 Å². The second-order valence-corrected chi connectivity index (χ2v) is 9.41. The third-order valence-corrected chi connectivity index (χ3v) is 6.88. The summed E-state index contributed by atoms with van der Waals surface area (Å²) >= 11 is 0. The Kier molecular flexibility index (Phi) is 6.04. The SMILES string of the molecule is CN1CCN(c2ccc3cc2OCC(O)COCc2cccc(F)c2-c2cc4c-3n[nH]c4cn2)CC1. The van der Waals surface area contributed by atoms with Crippen LogP contribution in [0.1, 0.15) is 5.56 Å². The van der Waals surface area contributed by atoms with Crippen LogP contribution < -0.4 is 9.64 Å². The maximum atomic E-state index is 15.0. The summed E-state index contributed by atoms with van der Waals surface area (Å²) in [5.74, 6) is 0.311. The lowest BCUT2D eigenvalue weighted by molar-refractivity contribution is 0.00563. The number of hydrogen-bond donors (Lipinski definition) is 2. The van der Waals surface area contributed by atoms with Crippen molar-refractivity contribution in [3.05, 3.63) is 60.0 Å². The number of aromatic nitrogens is 3. The molecule has 1 unspecified atom stereocenters. The van der Waals surface area contributed by atoms with Crippen LogP contribution >= 0.6 is 0 Å². The van der Waals surface area contributed by atoms with Gasteiger partial charge in [-0.25, -0.2) is 4.39 Å². The summed E-state index contributed by atoms with van der Waals surface area (Å²) in [6, 6.07) is 12.8. The van der Waals surface area contributed by atoms with E-state index in [1.807, 2.05) is 24.3 Å². The molecule has 2 aliphatic rings. The first kappa shape index (κ1) is 22.9. The Bertz CT molecular complexity index is 1400. The number of anilines is 1. The Morgan fingerprint density at radius 1 is 1.08 bits per heavy atom. The van der Waals surface area contributed by atoms with E-state index < -0.39 is 6.10 Å². The number of nitrogens with one attached hydrogen (secondary N) is 1. The molecule has 0 saturated carbocycles. The highest BCUT2D eigenvalue weighted by molar-refractivity contribution is 5.95. The van der Waals surface area contributed by atoms with Crippen molar-refractivity contribution < 1.29 is 19.0 Å². The van der Waals surface area contributed by atoms with Crippen LogP contribution in [0.15, 0.2) is 48.7 Å². The zero-order valence-electron chi connectivity index (χ0n) is 20.1. The number of aromatic amines is 1. The van der Waals surface area contributed by atoms with Gasteiger partial charge in [0.2, 0.25) is 0 Å². The number of ether oxygens (including phenoxy) is 2. The molecule has 4 heterocycles. The molecule has 4 aromatic rings. The molecule has 2 N–H and O–H groups in total. The highest BCUT2D eigenvalue weighted by Crippen LogP contribution is 2.37. The molecule has 0 amide bonds. The number of H-pyrrole nitrogens is 1.